The maximum atomic E-state index is 10.1. The minimum Gasteiger partial charge on any atom is -0.392 e. The Hall–Kier alpha value is -0.0800. The predicted molar refractivity (Wildman–Crippen MR) is 53.4 cm³/mol. The second-order valence-corrected chi connectivity index (χ2v) is 5.32. The van der Waals surface area contributed by atoms with E-state index >= 15 is 0 Å². The quantitative estimate of drug-likeness (QED) is 0.655. The smallest absolute Gasteiger partial charge is 0.0676 e. The summed E-state index contributed by atoms with van der Waals surface area (Å²) in [6, 6.07) is 0. The van der Waals surface area contributed by atoms with E-state index in [2.05, 4.69) is 20.8 Å². The van der Waals surface area contributed by atoms with Crippen LogP contribution in [0.3, 0.4) is 0 Å². The van der Waals surface area contributed by atoms with Crippen LogP contribution in [-0.2, 0) is 0 Å². The zero-order chi connectivity index (χ0) is 10.4. The van der Waals surface area contributed by atoms with Crippen LogP contribution in [0.5, 0.6) is 0 Å². The molecule has 1 fully saturated rings. The molecule has 0 amide bonds. The molecule has 2 N–H and O–H groups in total. The lowest BCUT2D eigenvalue weighted by atomic mass is 9.68. The van der Waals surface area contributed by atoms with Crippen molar-refractivity contribution in [1.82, 2.24) is 0 Å². The second kappa shape index (κ2) is 2.96. The zero-order valence-electron chi connectivity index (χ0n) is 9.33. The highest BCUT2D eigenvalue weighted by Crippen LogP contribution is 2.52. The van der Waals surface area contributed by atoms with Crippen LogP contribution < -0.4 is 0 Å². The van der Waals surface area contributed by atoms with E-state index in [1.165, 1.54) is 0 Å². The highest BCUT2D eigenvalue weighted by Gasteiger charge is 2.55. The van der Waals surface area contributed by atoms with Crippen LogP contribution in [-0.4, -0.2) is 21.9 Å². The van der Waals surface area contributed by atoms with Gasteiger partial charge in [-0.1, -0.05) is 27.7 Å². The molecule has 4 atom stereocenters. The van der Waals surface area contributed by atoms with Gasteiger partial charge in [-0.25, -0.2) is 0 Å². The average Bonchev–Trinajstić information content (AvgIpc) is 2.12. The molecule has 0 aromatic heterocycles. The van der Waals surface area contributed by atoms with Crippen molar-refractivity contribution in [3.8, 4) is 0 Å². The molecule has 0 aliphatic heterocycles. The van der Waals surface area contributed by atoms with E-state index in [1.807, 2.05) is 13.8 Å². The van der Waals surface area contributed by atoms with E-state index in [0.29, 0.717) is 12.3 Å². The van der Waals surface area contributed by atoms with Gasteiger partial charge >= 0.3 is 0 Å². The third kappa shape index (κ3) is 1.40. The Kier molecular flexibility index (Phi) is 2.50. The van der Waals surface area contributed by atoms with Gasteiger partial charge in [0.15, 0.2) is 0 Å². The van der Waals surface area contributed by atoms with Crippen LogP contribution in [0.2, 0.25) is 0 Å². The molecular formula is C11H22O2. The molecule has 0 saturated heterocycles. The molecule has 0 unspecified atom stereocenters. The first-order valence-electron chi connectivity index (χ1n) is 5.13. The molecule has 0 aromatic rings. The van der Waals surface area contributed by atoms with Crippen molar-refractivity contribution in [3.05, 3.63) is 0 Å². The summed E-state index contributed by atoms with van der Waals surface area (Å²) in [5.41, 5.74) is -0.859. The number of aliphatic hydroxyl groups excluding tert-OH is 1. The molecule has 1 aliphatic carbocycles. The molecule has 0 heterocycles. The topological polar surface area (TPSA) is 40.5 Å². The summed E-state index contributed by atoms with van der Waals surface area (Å²) in [4.78, 5) is 0. The van der Waals surface area contributed by atoms with E-state index in [4.69, 9.17) is 0 Å². The second-order valence-electron chi connectivity index (χ2n) is 5.32. The molecule has 1 rings (SSSR count). The Morgan fingerprint density at radius 2 is 1.77 bits per heavy atom. The van der Waals surface area contributed by atoms with Gasteiger partial charge in [0, 0.05) is 11.8 Å². The standard InChI is InChI=1S/C11H22O2/c1-7(2)11(5)8(3)10(4,13)6-9(11)12/h7-9,12-13H,6H2,1-5H3/t8-,9+,10+,11+/m0/s1. The third-order valence-corrected chi connectivity index (χ3v) is 4.43. The lowest BCUT2D eigenvalue weighted by molar-refractivity contribution is -0.0241. The summed E-state index contributed by atoms with van der Waals surface area (Å²) in [7, 11) is 0. The highest BCUT2D eigenvalue weighted by atomic mass is 16.3. The maximum Gasteiger partial charge on any atom is 0.0676 e. The van der Waals surface area contributed by atoms with Crippen molar-refractivity contribution >= 4 is 0 Å². The Morgan fingerprint density at radius 3 is 1.92 bits per heavy atom. The van der Waals surface area contributed by atoms with Crippen LogP contribution in [0, 0.1) is 17.3 Å². The molecule has 0 aromatic carbocycles. The summed E-state index contributed by atoms with van der Waals surface area (Å²) in [6.07, 6.45) is 0.126. The fourth-order valence-corrected chi connectivity index (χ4v) is 2.63. The molecular weight excluding hydrogens is 164 g/mol. The van der Waals surface area contributed by atoms with Crippen molar-refractivity contribution in [3.63, 3.8) is 0 Å². The van der Waals surface area contributed by atoms with Gasteiger partial charge in [0.2, 0.25) is 0 Å². The minimum absolute atomic E-state index is 0.148. The fourth-order valence-electron chi connectivity index (χ4n) is 2.63. The lowest BCUT2D eigenvalue weighted by Gasteiger charge is -2.39. The summed E-state index contributed by atoms with van der Waals surface area (Å²) in [6.45, 7) is 10.2. The lowest BCUT2D eigenvalue weighted by Crippen LogP contribution is -2.40. The Balaban J connectivity index is 3.00. The van der Waals surface area contributed by atoms with Crippen molar-refractivity contribution in [2.24, 2.45) is 17.3 Å². The van der Waals surface area contributed by atoms with Crippen molar-refractivity contribution in [2.75, 3.05) is 0 Å². The molecule has 0 bridgehead atoms. The molecule has 0 spiro atoms. The fraction of sp³-hybridized carbons (Fsp3) is 1.00. The van der Waals surface area contributed by atoms with Crippen molar-refractivity contribution in [2.45, 2.75) is 52.7 Å². The van der Waals surface area contributed by atoms with Gasteiger partial charge in [0.05, 0.1) is 11.7 Å². The van der Waals surface area contributed by atoms with E-state index in [9.17, 15) is 10.2 Å². The van der Waals surface area contributed by atoms with Gasteiger partial charge in [0.1, 0.15) is 0 Å². The SMILES string of the molecule is CC(C)[C@@]1(C)[C@H](O)C[C@@](C)(O)[C@@H]1C. The summed E-state index contributed by atoms with van der Waals surface area (Å²) < 4.78 is 0. The first-order chi connectivity index (χ1) is 5.73. The van der Waals surface area contributed by atoms with Crippen LogP contribution in [0.1, 0.15) is 41.0 Å². The van der Waals surface area contributed by atoms with Gasteiger partial charge < -0.3 is 10.2 Å². The van der Waals surface area contributed by atoms with Gasteiger partial charge in [-0.3, -0.25) is 0 Å². The Bertz CT molecular complexity index is 198. The predicted octanol–water partition coefficient (Wildman–Crippen LogP) is 1.80. The van der Waals surface area contributed by atoms with Crippen molar-refractivity contribution < 1.29 is 10.2 Å². The normalized spacial score (nSPS) is 51.7. The summed E-state index contributed by atoms with van der Waals surface area (Å²) >= 11 is 0. The molecule has 2 nitrogen and oxygen atoms in total. The van der Waals surface area contributed by atoms with Crippen LogP contribution in [0.15, 0.2) is 0 Å². The van der Waals surface area contributed by atoms with E-state index in [0.717, 1.165) is 0 Å². The molecule has 1 saturated carbocycles. The molecule has 1 aliphatic rings. The minimum atomic E-state index is -0.710. The first-order valence-corrected chi connectivity index (χ1v) is 5.13. The van der Waals surface area contributed by atoms with Gasteiger partial charge in [-0.05, 0) is 18.8 Å². The van der Waals surface area contributed by atoms with E-state index < -0.39 is 5.60 Å². The maximum absolute atomic E-state index is 10.1. The Morgan fingerprint density at radius 1 is 1.31 bits per heavy atom. The third-order valence-electron chi connectivity index (χ3n) is 4.43. The highest BCUT2D eigenvalue weighted by molar-refractivity contribution is 5.05. The zero-order valence-corrected chi connectivity index (χ0v) is 9.33. The average molecular weight is 186 g/mol. The van der Waals surface area contributed by atoms with E-state index in [1.54, 1.807) is 0 Å². The van der Waals surface area contributed by atoms with Gasteiger partial charge in [0.25, 0.3) is 0 Å². The van der Waals surface area contributed by atoms with Crippen LogP contribution in [0.25, 0.3) is 0 Å². The van der Waals surface area contributed by atoms with E-state index in [-0.39, 0.29) is 17.4 Å². The molecule has 2 heteroatoms. The Labute approximate surface area is 81.0 Å². The number of aliphatic hydroxyl groups is 2. The summed E-state index contributed by atoms with van der Waals surface area (Å²) in [5.74, 6) is 0.543. The monoisotopic (exact) mass is 186 g/mol. The van der Waals surface area contributed by atoms with Crippen molar-refractivity contribution in [1.29, 1.82) is 0 Å². The molecule has 13 heavy (non-hydrogen) atoms. The number of hydrogen-bond donors (Lipinski definition) is 2. The molecule has 0 radical (unpaired) electrons. The molecule has 78 valence electrons. The largest absolute Gasteiger partial charge is 0.392 e. The van der Waals surface area contributed by atoms with Gasteiger partial charge in [-0.2, -0.15) is 0 Å². The van der Waals surface area contributed by atoms with Gasteiger partial charge in [-0.15, -0.1) is 0 Å². The number of rotatable bonds is 1. The van der Waals surface area contributed by atoms with Crippen LogP contribution >= 0.6 is 0 Å². The van der Waals surface area contributed by atoms with Crippen LogP contribution in [0.4, 0.5) is 0 Å². The summed E-state index contributed by atoms with van der Waals surface area (Å²) in [5, 5.41) is 20.0. The first kappa shape index (κ1) is 11.0. The number of hydrogen-bond acceptors (Lipinski definition) is 2.